The van der Waals surface area contributed by atoms with Crippen molar-refractivity contribution >= 4 is 5.91 Å². The number of rotatable bonds is 5. The highest BCUT2D eigenvalue weighted by atomic mass is 16.1. The number of aryl methyl sites for hydroxylation is 1. The highest BCUT2D eigenvalue weighted by Gasteiger charge is 2.25. The van der Waals surface area contributed by atoms with Crippen molar-refractivity contribution in [1.29, 1.82) is 0 Å². The van der Waals surface area contributed by atoms with Crippen LogP contribution in [0.15, 0.2) is 24.3 Å². The van der Waals surface area contributed by atoms with Crippen LogP contribution >= 0.6 is 0 Å². The van der Waals surface area contributed by atoms with Crippen LogP contribution in [0.4, 0.5) is 0 Å². The van der Waals surface area contributed by atoms with Gasteiger partial charge < -0.3 is 11.1 Å². The Bertz CT molecular complexity index is 449. The molecule has 0 heterocycles. The Morgan fingerprint density at radius 1 is 1.30 bits per heavy atom. The molecule has 1 amide bonds. The fraction of sp³-hybridized carbons (Fsp3) is 0.588. The van der Waals surface area contributed by atoms with Crippen LogP contribution in [0.5, 0.6) is 0 Å². The predicted molar refractivity (Wildman–Crippen MR) is 84.4 cm³/mol. The van der Waals surface area contributed by atoms with Crippen LogP contribution in [-0.2, 0) is 4.79 Å². The molecule has 0 saturated heterocycles. The molecule has 0 aliphatic carbocycles. The smallest absolute Gasteiger partial charge is 0.224 e. The van der Waals surface area contributed by atoms with Gasteiger partial charge in [-0.3, -0.25) is 4.79 Å². The molecular formula is C17H28N2O. The molecule has 3 heteroatoms. The fourth-order valence-corrected chi connectivity index (χ4v) is 2.50. The lowest BCUT2D eigenvalue weighted by molar-refractivity contribution is -0.126. The van der Waals surface area contributed by atoms with Gasteiger partial charge in [-0.05, 0) is 36.8 Å². The number of nitrogens with one attached hydrogen (secondary N) is 1. The van der Waals surface area contributed by atoms with E-state index in [0.29, 0.717) is 6.54 Å². The van der Waals surface area contributed by atoms with Crippen LogP contribution in [0.2, 0.25) is 0 Å². The maximum absolute atomic E-state index is 12.4. The molecule has 0 bridgehead atoms. The van der Waals surface area contributed by atoms with Crippen LogP contribution in [0.3, 0.4) is 0 Å². The summed E-state index contributed by atoms with van der Waals surface area (Å²) in [5, 5.41) is 3.09. The van der Waals surface area contributed by atoms with Gasteiger partial charge in [0, 0.05) is 6.54 Å². The first-order valence-corrected chi connectivity index (χ1v) is 7.30. The monoisotopic (exact) mass is 276 g/mol. The summed E-state index contributed by atoms with van der Waals surface area (Å²) in [5.41, 5.74) is 8.22. The highest BCUT2D eigenvalue weighted by molar-refractivity contribution is 5.79. The number of carbonyl (C=O) groups excluding carboxylic acids is 1. The minimum atomic E-state index is -0.124. The Kier molecular flexibility index (Phi) is 5.75. The molecular weight excluding hydrogens is 248 g/mol. The van der Waals surface area contributed by atoms with E-state index in [4.69, 9.17) is 5.73 Å². The van der Waals surface area contributed by atoms with Gasteiger partial charge in [-0.15, -0.1) is 0 Å². The Hall–Kier alpha value is -1.35. The second-order valence-corrected chi connectivity index (χ2v) is 6.78. The number of hydrogen-bond donors (Lipinski definition) is 2. The molecule has 3 N–H and O–H groups in total. The number of amides is 1. The quantitative estimate of drug-likeness (QED) is 0.868. The summed E-state index contributed by atoms with van der Waals surface area (Å²) >= 11 is 0. The van der Waals surface area contributed by atoms with Crippen LogP contribution < -0.4 is 11.1 Å². The second kappa shape index (κ2) is 6.89. The molecule has 0 aromatic heterocycles. The van der Waals surface area contributed by atoms with Crippen LogP contribution in [0, 0.1) is 18.3 Å². The van der Waals surface area contributed by atoms with E-state index in [9.17, 15) is 4.79 Å². The number of carbonyl (C=O) groups is 1. The average Bonchev–Trinajstić information content (AvgIpc) is 2.35. The largest absolute Gasteiger partial charge is 0.349 e. The van der Waals surface area contributed by atoms with Gasteiger partial charge in [-0.1, -0.05) is 45.0 Å². The zero-order chi connectivity index (χ0) is 15.3. The van der Waals surface area contributed by atoms with Gasteiger partial charge in [-0.25, -0.2) is 0 Å². The summed E-state index contributed by atoms with van der Waals surface area (Å²) in [6, 6.07) is 8.14. The molecule has 0 spiro atoms. The molecule has 2 atom stereocenters. The van der Waals surface area contributed by atoms with E-state index in [-0.39, 0.29) is 23.3 Å². The average molecular weight is 276 g/mol. The lowest BCUT2D eigenvalue weighted by atomic mass is 9.84. The summed E-state index contributed by atoms with van der Waals surface area (Å²) in [6.45, 7) is 10.9. The van der Waals surface area contributed by atoms with E-state index >= 15 is 0 Å². The molecule has 112 valence electrons. The van der Waals surface area contributed by atoms with Gasteiger partial charge in [0.15, 0.2) is 0 Å². The highest BCUT2D eigenvalue weighted by Crippen LogP contribution is 2.25. The summed E-state index contributed by atoms with van der Waals surface area (Å²) in [6.07, 6.45) is 0.801. The predicted octanol–water partition coefficient (Wildman–Crippen LogP) is 3.18. The van der Waals surface area contributed by atoms with Gasteiger partial charge in [-0.2, -0.15) is 0 Å². The van der Waals surface area contributed by atoms with Gasteiger partial charge in [0.05, 0.1) is 12.0 Å². The zero-order valence-electron chi connectivity index (χ0n) is 13.4. The standard InChI is InChI=1S/C17H28N2O/c1-12-8-6-7-9-15(12)13(2)19-16(20)14(11-18)10-17(3,4)5/h6-9,13-14H,10-11,18H2,1-5H3,(H,19,20). The normalized spacial score (nSPS) is 14.7. The molecule has 0 aliphatic heterocycles. The maximum Gasteiger partial charge on any atom is 0.224 e. The summed E-state index contributed by atoms with van der Waals surface area (Å²) in [7, 11) is 0. The van der Waals surface area contributed by atoms with Crippen LogP contribution in [0.25, 0.3) is 0 Å². The van der Waals surface area contributed by atoms with Crippen molar-refractivity contribution in [2.45, 2.75) is 47.1 Å². The van der Waals surface area contributed by atoms with E-state index in [1.165, 1.54) is 5.56 Å². The third-order valence-corrected chi connectivity index (χ3v) is 3.53. The summed E-state index contributed by atoms with van der Waals surface area (Å²) in [4.78, 5) is 12.4. The molecule has 3 nitrogen and oxygen atoms in total. The molecule has 1 aromatic rings. The third kappa shape index (κ3) is 4.97. The first kappa shape index (κ1) is 16.7. The van der Waals surface area contributed by atoms with E-state index in [1.807, 2.05) is 19.1 Å². The molecule has 20 heavy (non-hydrogen) atoms. The summed E-state index contributed by atoms with van der Waals surface area (Å²) in [5.74, 6) is -0.0698. The Morgan fingerprint density at radius 3 is 2.40 bits per heavy atom. The van der Waals surface area contributed by atoms with Gasteiger partial charge in [0.1, 0.15) is 0 Å². The third-order valence-electron chi connectivity index (χ3n) is 3.53. The van der Waals surface area contributed by atoms with Crippen molar-refractivity contribution < 1.29 is 4.79 Å². The van der Waals surface area contributed by atoms with E-state index in [1.54, 1.807) is 0 Å². The van der Waals surface area contributed by atoms with Crippen molar-refractivity contribution in [2.75, 3.05) is 6.54 Å². The lowest BCUT2D eigenvalue weighted by Crippen LogP contribution is -2.38. The van der Waals surface area contributed by atoms with Gasteiger partial charge in [0.25, 0.3) is 0 Å². The van der Waals surface area contributed by atoms with Crippen molar-refractivity contribution in [3.8, 4) is 0 Å². The van der Waals surface area contributed by atoms with E-state index in [0.717, 1.165) is 12.0 Å². The molecule has 0 radical (unpaired) electrons. The molecule has 1 aromatic carbocycles. The Balaban J connectivity index is 2.71. The number of benzene rings is 1. The molecule has 1 rings (SSSR count). The summed E-state index contributed by atoms with van der Waals surface area (Å²) < 4.78 is 0. The molecule has 0 saturated carbocycles. The fourth-order valence-electron chi connectivity index (χ4n) is 2.50. The second-order valence-electron chi connectivity index (χ2n) is 6.78. The van der Waals surface area contributed by atoms with E-state index < -0.39 is 0 Å². The Morgan fingerprint density at radius 2 is 1.90 bits per heavy atom. The first-order valence-electron chi connectivity index (χ1n) is 7.30. The van der Waals surface area contributed by atoms with Crippen molar-refractivity contribution in [3.63, 3.8) is 0 Å². The number of nitrogens with two attached hydrogens (primary N) is 1. The first-order chi connectivity index (χ1) is 9.24. The molecule has 0 aliphatic rings. The number of hydrogen-bond acceptors (Lipinski definition) is 2. The SMILES string of the molecule is Cc1ccccc1C(C)NC(=O)C(CN)CC(C)(C)C. The minimum Gasteiger partial charge on any atom is -0.349 e. The van der Waals surface area contributed by atoms with Crippen molar-refractivity contribution in [2.24, 2.45) is 17.1 Å². The van der Waals surface area contributed by atoms with Crippen LogP contribution in [-0.4, -0.2) is 12.5 Å². The topological polar surface area (TPSA) is 55.1 Å². The molecule has 2 unspecified atom stereocenters. The van der Waals surface area contributed by atoms with Gasteiger partial charge >= 0.3 is 0 Å². The molecule has 0 fully saturated rings. The van der Waals surface area contributed by atoms with Crippen LogP contribution in [0.1, 0.15) is 51.3 Å². The van der Waals surface area contributed by atoms with Crippen molar-refractivity contribution in [3.05, 3.63) is 35.4 Å². The van der Waals surface area contributed by atoms with Gasteiger partial charge in [0.2, 0.25) is 5.91 Å². The lowest BCUT2D eigenvalue weighted by Gasteiger charge is -2.26. The zero-order valence-corrected chi connectivity index (χ0v) is 13.4. The minimum absolute atomic E-state index is 0.0118. The van der Waals surface area contributed by atoms with Crippen molar-refractivity contribution in [1.82, 2.24) is 5.32 Å². The van der Waals surface area contributed by atoms with E-state index in [2.05, 4.69) is 45.1 Å². The Labute approximate surface area is 122 Å². The maximum atomic E-state index is 12.4.